The first-order valence-corrected chi connectivity index (χ1v) is 10.5. The minimum Gasteiger partial charge on any atom is -0.497 e. The molecule has 1 saturated carbocycles. The zero-order valence-electron chi connectivity index (χ0n) is 17.6. The van der Waals surface area contributed by atoms with Gasteiger partial charge in [0.15, 0.2) is 0 Å². The van der Waals surface area contributed by atoms with Crippen LogP contribution in [-0.2, 0) is 17.9 Å². The van der Waals surface area contributed by atoms with E-state index in [1.165, 1.54) is 0 Å². The monoisotopic (exact) mass is 408 g/mol. The summed E-state index contributed by atoms with van der Waals surface area (Å²) in [5.41, 5.74) is 2.58. The molecule has 1 heterocycles. The molecule has 2 aliphatic rings. The summed E-state index contributed by atoms with van der Waals surface area (Å²) in [4.78, 5) is 29.2. The molecule has 2 amide bonds. The van der Waals surface area contributed by atoms with Crippen molar-refractivity contribution < 1.29 is 19.1 Å². The maximum Gasteiger partial charge on any atom is 0.254 e. The number of methoxy groups -OCH3 is 2. The number of likely N-dealkylation sites (tertiary alicyclic amines) is 1. The summed E-state index contributed by atoms with van der Waals surface area (Å²) in [5.74, 6) is 1.69. The number of carbonyl (C=O) groups is 2. The molecule has 0 bridgehead atoms. The fourth-order valence-electron chi connectivity index (χ4n) is 4.00. The number of ether oxygens (including phenoxy) is 2. The Labute approximate surface area is 177 Å². The zero-order valence-corrected chi connectivity index (χ0v) is 17.6. The van der Waals surface area contributed by atoms with Crippen molar-refractivity contribution in [3.05, 3.63) is 59.2 Å². The molecule has 4 rings (SSSR count). The molecule has 0 radical (unpaired) electrons. The van der Waals surface area contributed by atoms with Gasteiger partial charge >= 0.3 is 0 Å². The Morgan fingerprint density at radius 1 is 1.13 bits per heavy atom. The van der Waals surface area contributed by atoms with Crippen LogP contribution in [0.2, 0.25) is 0 Å². The largest absolute Gasteiger partial charge is 0.497 e. The summed E-state index contributed by atoms with van der Waals surface area (Å²) in [6.45, 7) is 1.83. The maximum atomic E-state index is 13.4. The lowest BCUT2D eigenvalue weighted by molar-refractivity contribution is -0.128. The fourth-order valence-corrected chi connectivity index (χ4v) is 4.00. The van der Waals surface area contributed by atoms with Crippen LogP contribution in [0.15, 0.2) is 42.5 Å². The number of benzene rings is 2. The van der Waals surface area contributed by atoms with Gasteiger partial charge in [0.25, 0.3) is 5.91 Å². The molecule has 0 atom stereocenters. The quantitative estimate of drug-likeness (QED) is 0.669. The van der Waals surface area contributed by atoms with Gasteiger partial charge in [0.1, 0.15) is 11.5 Å². The summed E-state index contributed by atoms with van der Waals surface area (Å²) in [6.07, 6.45) is 3.56. The molecule has 1 saturated heterocycles. The van der Waals surface area contributed by atoms with E-state index in [-0.39, 0.29) is 17.9 Å². The van der Waals surface area contributed by atoms with Gasteiger partial charge in [0.2, 0.25) is 5.91 Å². The molecule has 0 aromatic heterocycles. The number of nitrogens with zero attached hydrogens (tertiary/aromatic N) is 2. The second-order valence-electron chi connectivity index (χ2n) is 7.96. The molecule has 2 aromatic carbocycles. The number of hydrogen-bond acceptors (Lipinski definition) is 4. The predicted octanol–water partition coefficient (Wildman–Crippen LogP) is 3.63. The lowest BCUT2D eigenvalue weighted by Crippen LogP contribution is -2.33. The van der Waals surface area contributed by atoms with E-state index in [2.05, 4.69) is 0 Å². The van der Waals surface area contributed by atoms with Crippen molar-refractivity contribution in [1.29, 1.82) is 0 Å². The van der Waals surface area contributed by atoms with Crippen LogP contribution in [0.5, 0.6) is 11.5 Å². The van der Waals surface area contributed by atoms with Crippen LogP contribution < -0.4 is 9.47 Å². The molecule has 158 valence electrons. The van der Waals surface area contributed by atoms with Crippen LogP contribution in [0.1, 0.15) is 47.2 Å². The van der Waals surface area contributed by atoms with Crippen molar-refractivity contribution in [1.82, 2.24) is 9.80 Å². The highest BCUT2D eigenvalue weighted by molar-refractivity contribution is 5.95. The lowest BCUT2D eigenvalue weighted by Gasteiger charge is -2.24. The molecule has 6 nitrogen and oxygen atoms in total. The van der Waals surface area contributed by atoms with Crippen LogP contribution in [0.3, 0.4) is 0 Å². The highest BCUT2D eigenvalue weighted by Gasteiger charge is 2.34. The van der Waals surface area contributed by atoms with E-state index in [4.69, 9.17) is 9.47 Å². The lowest BCUT2D eigenvalue weighted by atomic mass is 10.1. The van der Waals surface area contributed by atoms with Gasteiger partial charge in [-0.15, -0.1) is 0 Å². The van der Waals surface area contributed by atoms with Gasteiger partial charge in [-0.05, 0) is 55.2 Å². The summed E-state index contributed by atoms with van der Waals surface area (Å²) < 4.78 is 10.9. The van der Waals surface area contributed by atoms with E-state index in [0.717, 1.165) is 48.4 Å². The highest BCUT2D eigenvalue weighted by atomic mass is 16.5. The van der Waals surface area contributed by atoms with E-state index in [1.54, 1.807) is 14.2 Å². The van der Waals surface area contributed by atoms with E-state index < -0.39 is 0 Å². The Hall–Kier alpha value is -3.02. The summed E-state index contributed by atoms with van der Waals surface area (Å²) in [7, 11) is 3.27. The molecule has 0 spiro atoms. The smallest absolute Gasteiger partial charge is 0.254 e. The topological polar surface area (TPSA) is 59.1 Å². The molecular weight excluding hydrogens is 380 g/mol. The molecular formula is C24H28N2O4. The average molecular weight is 408 g/mol. The molecule has 1 aliphatic carbocycles. The fraction of sp³-hybridized carbons (Fsp3) is 0.417. The zero-order chi connectivity index (χ0) is 21.1. The third-order valence-electron chi connectivity index (χ3n) is 5.80. The molecule has 0 unspecified atom stereocenters. The Balaban J connectivity index is 1.55. The van der Waals surface area contributed by atoms with E-state index in [1.807, 2.05) is 52.3 Å². The van der Waals surface area contributed by atoms with Crippen molar-refractivity contribution in [3.63, 3.8) is 0 Å². The first-order chi connectivity index (χ1) is 14.6. The SMILES string of the molecule is COc1ccc(OC)c(CN(C(=O)c2cccc(CN3CCCC3=O)c2)C2CC2)c1. The third kappa shape index (κ3) is 4.42. The summed E-state index contributed by atoms with van der Waals surface area (Å²) >= 11 is 0. The third-order valence-corrected chi connectivity index (χ3v) is 5.80. The minimum absolute atomic E-state index is 0.0111. The van der Waals surface area contributed by atoms with Gasteiger partial charge in [-0.1, -0.05) is 12.1 Å². The van der Waals surface area contributed by atoms with Crippen molar-refractivity contribution in [3.8, 4) is 11.5 Å². The van der Waals surface area contributed by atoms with Crippen LogP contribution >= 0.6 is 0 Å². The molecule has 2 aromatic rings. The standard InChI is InChI=1S/C24H28N2O4/c1-29-21-10-11-22(30-2)19(14-21)16-26(20-8-9-20)24(28)18-6-3-5-17(13-18)15-25-12-4-7-23(25)27/h3,5-6,10-11,13-14,20H,4,7-9,12,15-16H2,1-2H3. The molecule has 0 N–H and O–H groups in total. The molecule has 30 heavy (non-hydrogen) atoms. The molecule has 1 aliphatic heterocycles. The Bertz CT molecular complexity index is 939. The van der Waals surface area contributed by atoms with Gasteiger partial charge in [-0.3, -0.25) is 9.59 Å². The van der Waals surface area contributed by atoms with E-state index in [0.29, 0.717) is 25.1 Å². The Morgan fingerprint density at radius 3 is 2.63 bits per heavy atom. The number of rotatable bonds is 8. The number of amides is 2. The van der Waals surface area contributed by atoms with Crippen molar-refractivity contribution in [2.45, 2.75) is 44.8 Å². The van der Waals surface area contributed by atoms with Crippen molar-refractivity contribution in [2.75, 3.05) is 20.8 Å². The van der Waals surface area contributed by atoms with Gasteiger partial charge in [-0.25, -0.2) is 0 Å². The predicted molar refractivity (Wildman–Crippen MR) is 114 cm³/mol. The number of carbonyl (C=O) groups excluding carboxylic acids is 2. The van der Waals surface area contributed by atoms with Gasteiger partial charge in [0, 0.05) is 36.7 Å². The van der Waals surface area contributed by atoms with E-state index in [9.17, 15) is 9.59 Å². The van der Waals surface area contributed by atoms with Crippen LogP contribution in [0.25, 0.3) is 0 Å². The average Bonchev–Trinajstić information content (AvgIpc) is 3.54. The second-order valence-corrected chi connectivity index (χ2v) is 7.96. The summed E-state index contributed by atoms with van der Waals surface area (Å²) in [6, 6.07) is 13.6. The summed E-state index contributed by atoms with van der Waals surface area (Å²) in [5, 5.41) is 0. The van der Waals surface area contributed by atoms with Crippen LogP contribution in [0.4, 0.5) is 0 Å². The van der Waals surface area contributed by atoms with Crippen LogP contribution in [-0.4, -0.2) is 48.4 Å². The highest BCUT2D eigenvalue weighted by Crippen LogP contribution is 2.33. The Morgan fingerprint density at radius 2 is 1.97 bits per heavy atom. The minimum atomic E-state index is 0.0111. The van der Waals surface area contributed by atoms with Gasteiger partial charge in [0.05, 0.1) is 20.8 Å². The normalized spacial score (nSPS) is 15.9. The first-order valence-electron chi connectivity index (χ1n) is 10.5. The van der Waals surface area contributed by atoms with Gasteiger partial charge < -0.3 is 19.3 Å². The number of hydrogen-bond donors (Lipinski definition) is 0. The molecule has 2 fully saturated rings. The van der Waals surface area contributed by atoms with Crippen LogP contribution in [0, 0.1) is 0 Å². The second kappa shape index (κ2) is 8.78. The van der Waals surface area contributed by atoms with Crippen molar-refractivity contribution in [2.24, 2.45) is 0 Å². The van der Waals surface area contributed by atoms with Crippen molar-refractivity contribution >= 4 is 11.8 Å². The molecule has 6 heteroatoms. The first kappa shape index (κ1) is 20.3. The van der Waals surface area contributed by atoms with Gasteiger partial charge in [-0.2, -0.15) is 0 Å². The Kier molecular flexibility index (Phi) is 5.93. The maximum absolute atomic E-state index is 13.4. The van der Waals surface area contributed by atoms with E-state index >= 15 is 0 Å².